The van der Waals surface area contributed by atoms with E-state index in [1.807, 2.05) is 18.2 Å². The standard InChI is InChI=1S/C65H39N5O/c1-2-17-40(18-3-1)41-20-14-21-44(37-41)69-56-31-11-8-25-48(56)51-28-16-33-59(61(51)69)70-57-32-12-9-26-49(57)54-39-43(35-36-58(54)70)63-66-64(53-30-15-29-52-50-27-10-13-34-60(50)71-62(52)53)68-65(67-63)55-38-42-19-4-5-22-45(42)46-23-6-7-24-47(46)55/h1-39H. The van der Waals surface area contributed by atoms with Gasteiger partial charge in [0.25, 0.3) is 0 Å². The predicted octanol–water partition coefficient (Wildman–Crippen LogP) is 16.9. The van der Waals surface area contributed by atoms with Crippen molar-refractivity contribution in [2.75, 3.05) is 0 Å². The van der Waals surface area contributed by atoms with Crippen LogP contribution in [0.4, 0.5) is 0 Å². The summed E-state index contributed by atoms with van der Waals surface area (Å²) in [6.45, 7) is 0. The van der Waals surface area contributed by atoms with Gasteiger partial charge in [-0.2, -0.15) is 0 Å². The number of rotatable bonds is 6. The molecule has 4 aromatic heterocycles. The maximum atomic E-state index is 6.62. The average Bonchev–Trinajstić information content (AvgIpc) is 4.11. The Labute approximate surface area is 407 Å². The monoisotopic (exact) mass is 905 g/mol. The lowest BCUT2D eigenvalue weighted by molar-refractivity contribution is 0.669. The molecule has 0 saturated carbocycles. The number of furan rings is 1. The Morgan fingerprint density at radius 1 is 0.310 bits per heavy atom. The normalized spacial score (nSPS) is 11.9. The molecular formula is C65H39N5O. The molecule has 15 rings (SSSR count). The molecule has 71 heavy (non-hydrogen) atoms. The molecular weight excluding hydrogens is 867 g/mol. The van der Waals surface area contributed by atoms with Crippen LogP contribution in [0.25, 0.3) is 144 Å². The Morgan fingerprint density at radius 2 is 0.901 bits per heavy atom. The van der Waals surface area contributed by atoms with E-state index in [-0.39, 0.29) is 0 Å². The fourth-order valence-corrected chi connectivity index (χ4v) is 11.2. The van der Waals surface area contributed by atoms with Crippen molar-refractivity contribution in [1.29, 1.82) is 0 Å². The minimum atomic E-state index is 0.547. The van der Waals surface area contributed by atoms with Crippen molar-refractivity contribution in [3.05, 3.63) is 237 Å². The van der Waals surface area contributed by atoms with Gasteiger partial charge in [-0.1, -0.05) is 170 Å². The molecule has 330 valence electrons. The molecule has 6 heteroatoms. The number of hydrogen-bond donors (Lipinski definition) is 0. The summed E-state index contributed by atoms with van der Waals surface area (Å²) in [6, 6.07) is 84.0. The molecule has 0 aliphatic rings. The smallest absolute Gasteiger partial charge is 0.167 e. The second-order valence-corrected chi connectivity index (χ2v) is 18.3. The molecule has 0 N–H and O–H groups in total. The van der Waals surface area contributed by atoms with Gasteiger partial charge in [0.05, 0.1) is 33.3 Å². The van der Waals surface area contributed by atoms with Crippen molar-refractivity contribution in [3.63, 3.8) is 0 Å². The molecule has 0 saturated heterocycles. The fraction of sp³-hybridized carbons (Fsp3) is 0. The average molecular weight is 906 g/mol. The first-order chi connectivity index (χ1) is 35.2. The van der Waals surface area contributed by atoms with Crippen molar-refractivity contribution in [1.82, 2.24) is 24.1 Å². The van der Waals surface area contributed by atoms with Crippen molar-refractivity contribution in [3.8, 4) is 56.7 Å². The highest BCUT2D eigenvalue weighted by atomic mass is 16.3. The topological polar surface area (TPSA) is 61.7 Å². The number of nitrogens with zero attached hydrogens (tertiary/aromatic N) is 5. The molecule has 0 aliphatic heterocycles. The van der Waals surface area contributed by atoms with Crippen molar-refractivity contribution >= 4 is 87.1 Å². The first-order valence-corrected chi connectivity index (χ1v) is 24.0. The van der Waals surface area contributed by atoms with Gasteiger partial charge < -0.3 is 13.6 Å². The third kappa shape index (κ3) is 6.05. The van der Waals surface area contributed by atoms with Crippen LogP contribution in [0.1, 0.15) is 0 Å². The molecule has 6 nitrogen and oxygen atoms in total. The zero-order valence-electron chi connectivity index (χ0n) is 38.2. The first kappa shape index (κ1) is 39.4. The van der Waals surface area contributed by atoms with Crippen LogP contribution in [0.2, 0.25) is 0 Å². The Morgan fingerprint density at radius 3 is 1.75 bits per heavy atom. The van der Waals surface area contributed by atoms with Crippen LogP contribution in [0.3, 0.4) is 0 Å². The van der Waals surface area contributed by atoms with Crippen molar-refractivity contribution in [2.45, 2.75) is 0 Å². The summed E-state index contributed by atoms with van der Waals surface area (Å²) in [7, 11) is 0. The van der Waals surface area contributed by atoms with E-state index >= 15 is 0 Å². The number of hydrogen-bond acceptors (Lipinski definition) is 4. The van der Waals surface area contributed by atoms with Crippen molar-refractivity contribution in [2.24, 2.45) is 0 Å². The summed E-state index contributed by atoms with van der Waals surface area (Å²) >= 11 is 0. The highest BCUT2D eigenvalue weighted by Crippen LogP contribution is 2.43. The maximum Gasteiger partial charge on any atom is 0.167 e. The zero-order chi connectivity index (χ0) is 46.6. The minimum Gasteiger partial charge on any atom is -0.455 e. The van der Waals surface area contributed by atoms with Crippen LogP contribution in [-0.4, -0.2) is 24.1 Å². The number of benzene rings is 11. The highest BCUT2D eigenvalue weighted by molar-refractivity contribution is 6.16. The van der Waals surface area contributed by atoms with E-state index in [1.165, 1.54) is 27.3 Å². The Hall–Kier alpha value is -9.65. The third-order valence-electron chi connectivity index (χ3n) is 14.3. The maximum absolute atomic E-state index is 6.62. The van der Waals surface area contributed by atoms with Crippen molar-refractivity contribution < 1.29 is 4.42 Å². The molecule has 0 amide bonds. The summed E-state index contributed by atoms with van der Waals surface area (Å²) < 4.78 is 11.5. The highest BCUT2D eigenvalue weighted by Gasteiger charge is 2.23. The van der Waals surface area contributed by atoms with Gasteiger partial charge in [-0.15, -0.1) is 0 Å². The number of para-hydroxylation sites is 5. The number of aromatic nitrogens is 5. The van der Waals surface area contributed by atoms with Gasteiger partial charge in [0, 0.05) is 49.1 Å². The zero-order valence-corrected chi connectivity index (χ0v) is 38.2. The van der Waals surface area contributed by atoms with Crippen LogP contribution >= 0.6 is 0 Å². The molecule has 0 fully saturated rings. The van der Waals surface area contributed by atoms with Crippen LogP contribution in [-0.2, 0) is 0 Å². The lowest BCUT2D eigenvalue weighted by Gasteiger charge is -2.15. The van der Waals surface area contributed by atoms with Gasteiger partial charge in [0.1, 0.15) is 11.2 Å². The lowest BCUT2D eigenvalue weighted by Crippen LogP contribution is -2.02. The van der Waals surface area contributed by atoms with E-state index in [2.05, 4.69) is 228 Å². The summed E-state index contributed by atoms with van der Waals surface area (Å²) in [6.07, 6.45) is 0. The van der Waals surface area contributed by atoms with E-state index in [0.717, 1.165) is 99.0 Å². The van der Waals surface area contributed by atoms with E-state index < -0.39 is 0 Å². The second-order valence-electron chi connectivity index (χ2n) is 18.3. The quantitative estimate of drug-likeness (QED) is 0.156. The predicted molar refractivity (Wildman–Crippen MR) is 293 cm³/mol. The SMILES string of the molecule is c1ccc(-c2cccc(-n3c4ccccc4c4cccc(-n5c6ccccc6c6cc(-c7nc(-c8cc9ccccc9c9ccccc89)nc(-c8cccc9c8oc8ccccc89)n7)ccc65)c43)c2)cc1. The third-order valence-corrected chi connectivity index (χ3v) is 14.3. The minimum absolute atomic E-state index is 0.547. The second kappa shape index (κ2) is 15.4. The fourth-order valence-electron chi connectivity index (χ4n) is 11.2. The lowest BCUT2D eigenvalue weighted by atomic mass is 9.97. The summed E-state index contributed by atoms with van der Waals surface area (Å²) in [4.78, 5) is 16.1. The van der Waals surface area contributed by atoms with Gasteiger partial charge >= 0.3 is 0 Å². The van der Waals surface area contributed by atoms with Gasteiger partial charge in [-0.05, 0) is 99.4 Å². The molecule has 15 aromatic rings. The van der Waals surface area contributed by atoms with Gasteiger partial charge in [0.2, 0.25) is 0 Å². The summed E-state index contributed by atoms with van der Waals surface area (Å²) in [5, 5.41) is 11.2. The summed E-state index contributed by atoms with van der Waals surface area (Å²) in [5.74, 6) is 1.72. The first-order valence-electron chi connectivity index (χ1n) is 24.0. The molecule has 4 heterocycles. The Kier molecular flexibility index (Phi) is 8.56. The van der Waals surface area contributed by atoms with E-state index in [4.69, 9.17) is 19.4 Å². The van der Waals surface area contributed by atoms with E-state index in [9.17, 15) is 0 Å². The molecule has 0 atom stereocenters. The van der Waals surface area contributed by atoms with E-state index in [1.54, 1.807) is 0 Å². The van der Waals surface area contributed by atoms with E-state index in [0.29, 0.717) is 17.5 Å². The van der Waals surface area contributed by atoms with Crippen LogP contribution in [0.15, 0.2) is 241 Å². The molecule has 0 radical (unpaired) electrons. The summed E-state index contributed by atoms with van der Waals surface area (Å²) in [5.41, 5.74) is 13.2. The molecule has 0 bridgehead atoms. The van der Waals surface area contributed by atoms with Crippen LogP contribution < -0.4 is 0 Å². The van der Waals surface area contributed by atoms with Gasteiger partial charge in [-0.25, -0.2) is 15.0 Å². The largest absolute Gasteiger partial charge is 0.455 e. The van der Waals surface area contributed by atoms with Gasteiger partial charge in [0.15, 0.2) is 17.5 Å². The van der Waals surface area contributed by atoms with Crippen LogP contribution in [0.5, 0.6) is 0 Å². The number of fused-ring (bicyclic) bond motifs is 12. The molecule has 0 unspecified atom stereocenters. The molecule has 0 aliphatic carbocycles. The Balaban J connectivity index is 0.973. The van der Waals surface area contributed by atoms with Gasteiger partial charge in [-0.3, -0.25) is 0 Å². The van der Waals surface area contributed by atoms with Crippen LogP contribution in [0, 0.1) is 0 Å². The molecule has 11 aromatic carbocycles. The Bertz CT molecular complexity index is 4660. The molecule has 0 spiro atoms.